The topological polar surface area (TPSA) is 164 Å². The highest BCUT2D eigenvalue weighted by Gasteiger charge is 2.53. The summed E-state index contributed by atoms with van der Waals surface area (Å²) in [6, 6.07) is 0. The maximum atomic E-state index is 9.39. The molecule has 0 aliphatic heterocycles. The van der Waals surface area contributed by atoms with Gasteiger partial charge in [0.1, 0.15) is 5.71 Å². The predicted molar refractivity (Wildman–Crippen MR) is 43.4 cm³/mol. The summed E-state index contributed by atoms with van der Waals surface area (Å²) in [5.41, 5.74) is 11.5. The molecule has 0 bridgehead atoms. The fourth-order valence-corrected chi connectivity index (χ4v) is 1.09. The van der Waals surface area contributed by atoms with E-state index in [4.69, 9.17) is 21.9 Å². The second kappa shape index (κ2) is 3.41. The number of nitrogens with zero attached hydrogens (tertiary/aromatic N) is 2. The second-order valence-corrected chi connectivity index (χ2v) is 2.63. The van der Waals surface area contributed by atoms with Gasteiger partial charge in [0.2, 0.25) is 6.10 Å². The number of rotatable bonds is 0. The molecule has 8 nitrogen and oxygen atoms in total. The van der Waals surface area contributed by atoms with Gasteiger partial charge in [0.25, 0.3) is 6.10 Å². The molecule has 0 amide bonds. The molecule has 0 aromatic carbocycles. The van der Waals surface area contributed by atoms with Gasteiger partial charge >= 0.3 is 11.4 Å². The standard InChI is InChI=1S/C6H8N6O2/c7-1-2(8)5(13)4(12-10)6(14)3(1)11-9/h5-10,13-14H/q+2. The lowest BCUT2D eigenvalue weighted by Crippen LogP contribution is -2.55. The van der Waals surface area contributed by atoms with Gasteiger partial charge in [-0.1, -0.05) is 0 Å². The SMILES string of the molecule is N=[N+]=C1C(=N)C(=N)C(O)C(=[N+]=N)C1O. The maximum absolute atomic E-state index is 9.39. The van der Waals surface area contributed by atoms with E-state index in [1.54, 1.807) is 0 Å². The molecular formula is C6H8N6O2+2. The minimum atomic E-state index is -1.57. The third-order valence-corrected chi connectivity index (χ3v) is 1.87. The molecule has 72 valence electrons. The molecular weight excluding hydrogens is 188 g/mol. The van der Waals surface area contributed by atoms with Crippen molar-refractivity contribution in [1.82, 2.24) is 0 Å². The van der Waals surface area contributed by atoms with Crippen molar-refractivity contribution in [2.24, 2.45) is 0 Å². The van der Waals surface area contributed by atoms with E-state index in [0.717, 1.165) is 0 Å². The Labute approximate surface area is 77.7 Å². The Hall–Kier alpha value is -1.98. The summed E-state index contributed by atoms with van der Waals surface area (Å²) in [6.45, 7) is 0. The molecule has 1 fully saturated rings. The number of hydrogen-bond acceptors (Lipinski definition) is 6. The van der Waals surface area contributed by atoms with Crippen LogP contribution in [0.25, 0.3) is 0 Å². The van der Waals surface area contributed by atoms with E-state index in [0.29, 0.717) is 0 Å². The van der Waals surface area contributed by atoms with E-state index in [2.05, 4.69) is 9.58 Å². The lowest BCUT2D eigenvalue weighted by Gasteiger charge is -2.12. The van der Waals surface area contributed by atoms with Crippen LogP contribution in [-0.2, 0) is 0 Å². The summed E-state index contributed by atoms with van der Waals surface area (Å²) in [4.78, 5) is 5.73. The van der Waals surface area contributed by atoms with Crippen LogP contribution in [0.2, 0.25) is 0 Å². The molecule has 6 N–H and O–H groups in total. The first-order chi connectivity index (χ1) is 6.54. The van der Waals surface area contributed by atoms with Crippen LogP contribution >= 0.6 is 0 Å². The van der Waals surface area contributed by atoms with Gasteiger partial charge in [-0.3, -0.25) is 10.8 Å². The van der Waals surface area contributed by atoms with Gasteiger partial charge in [-0.2, -0.15) is 0 Å². The Balaban J connectivity index is 3.35. The Bertz CT molecular complexity index is 414. The minimum Gasteiger partial charge on any atom is -0.375 e. The summed E-state index contributed by atoms with van der Waals surface area (Å²) >= 11 is 0. The largest absolute Gasteiger partial charge is 0.408 e. The van der Waals surface area contributed by atoms with E-state index in [1.165, 1.54) is 0 Å². The van der Waals surface area contributed by atoms with Crippen molar-refractivity contribution in [2.45, 2.75) is 12.2 Å². The van der Waals surface area contributed by atoms with Crippen molar-refractivity contribution in [3.63, 3.8) is 0 Å². The zero-order valence-corrected chi connectivity index (χ0v) is 6.94. The van der Waals surface area contributed by atoms with Crippen LogP contribution in [0.4, 0.5) is 0 Å². The van der Waals surface area contributed by atoms with Crippen LogP contribution in [0.15, 0.2) is 0 Å². The Kier molecular flexibility index (Phi) is 2.46. The number of hydrogen-bond donors (Lipinski definition) is 6. The molecule has 2 unspecified atom stereocenters. The van der Waals surface area contributed by atoms with E-state index >= 15 is 0 Å². The van der Waals surface area contributed by atoms with E-state index in [1.807, 2.05) is 0 Å². The second-order valence-electron chi connectivity index (χ2n) is 2.63. The average molecular weight is 196 g/mol. The normalized spacial score (nSPS) is 27.3. The van der Waals surface area contributed by atoms with Crippen LogP contribution in [-0.4, -0.2) is 54.8 Å². The molecule has 1 aliphatic carbocycles. The summed E-state index contributed by atoms with van der Waals surface area (Å²) in [5.74, 6) is 0. The smallest absolute Gasteiger partial charge is 0.375 e. The van der Waals surface area contributed by atoms with Crippen LogP contribution in [0, 0.1) is 21.9 Å². The Morgan fingerprint density at radius 2 is 1.57 bits per heavy atom. The van der Waals surface area contributed by atoms with Gasteiger partial charge in [0, 0.05) is 0 Å². The van der Waals surface area contributed by atoms with E-state index in [9.17, 15) is 10.2 Å². The number of aliphatic hydroxyl groups is 2. The molecule has 0 aromatic rings. The lowest BCUT2D eigenvalue weighted by molar-refractivity contribution is -0.142. The van der Waals surface area contributed by atoms with Gasteiger partial charge in [-0.15, -0.1) is 0 Å². The van der Waals surface area contributed by atoms with Crippen LogP contribution in [0.3, 0.4) is 0 Å². The van der Waals surface area contributed by atoms with Gasteiger partial charge in [-0.25, -0.2) is 0 Å². The van der Waals surface area contributed by atoms with Gasteiger partial charge in [-0.05, 0) is 0 Å². The molecule has 1 saturated carbocycles. The molecule has 0 heterocycles. The summed E-state index contributed by atoms with van der Waals surface area (Å²) in [6.07, 6.45) is -3.12. The number of nitrogens with one attached hydrogen (secondary N) is 4. The van der Waals surface area contributed by atoms with Crippen LogP contribution in [0.1, 0.15) is 0 Å². The van der Waals surface area contributed by atoms with Crippen molar-refractivity contribution < 1.29 is 19.8 Å². The fourth-order valence-electron chi connectivity index (χ4n) is 1.09. The zero-order valence-electron chi connectivity index (χ0n) is 6.94. The first-order valence-corrected chi connectivity index (χ1v) is 3.57. The molecule has 1 rings (SSSR count). The fraction of sp³-hybridized carbons (Fsp3) is 0.333. The third-order valence-electron chi connectivity index (χ3n) is 1.87. The minimum absolute atomic E-state index is 0.383. The predicted octanol–water partition coefficient (Wildman–Crippen LogP) is -1.88. The van der Waals surface area contributed by atoms with Gasteiger partial charge in [0.15, 0.2) is 5.71 Å². The number of aliphatic hydroxyl groups excluding tert-OH is 2. The van der Waals surface area contributed by atoms with E-state index in [-0.39, 0.29) is 5.71 Å². The van der Waals surface area contributed by atoms with Crippen molar-refractivity contribution in [3.8, 4) is 0 Å². The Morgan fingerprint density at radius 1 is 1.00 bits per heavy atom. The van der Waals surface area contributed by atoms with E-state index < -0.39 is 29.3 Å². The highest BCUT2D eigenvalue weighted by atomic mass is 16.3. The van der Waals surface area contributed by atoms with Gasteiger partial charge < -0.3 is 10.2 Å². The zero-order chi connectivity index (χ0) is 10.9. The highest BCUT2D eigenvalue weighted by molar-refractivity contribution is 6.72. The maximum Gasteiger partial charge on any atom is 0.408 e. The quantitative estimate of drug-likeness (QED) is 0.197. The molecule has 14 heavy (non-hydrogen) atoms. The average Bonchev–Trinajstić information content (AvgIpc) is 2.16. The molecule has 1 aliphatic rings. The van der Waals surface area contributed by atoms with Crippen molar-refractivity contribution in [3.05, 3.63) is 0 Å². The van der Waals surface area contributed by atoms with Crippen molar-refractivity contribution in [2.75, 3.05) is 0 Å². The highest BCUT2D eigenvalue weighted by Crippen LogP contribution is 2.06. The van der Waals surface area contributed by atoms with Gasteiger partial charge in [0.05, 0.1) is 20.6 Å². The molecule has 0 radical (unpaired) electrons. The van der Waals surface area contributed by atoms with Crippen LogP contribution in [0.5, 0.6) is 0 Å². The summed E-state index contributed by atoms with van der Waals surface area (Å²) < 4.78 is 0. The summed E-state index contributed by atoms with van der Waals surface area (Å²) in [7, 11) is 0. The lowest BCUT2D eigenvalue weighted by atomic mass is 9.88. The summed E-state index contributed by atoms with van der Waals surface area (Å²) in [5, 5.41) is 33.2. The first kappa shape index (κ1) is 10.1. The molecule has 8 heteroatoms. The molecule has 2 atom stereocenters. The molecule has 0 spiro atoms. The van der Waals surface area contributed by atoms with Crippen molar-refractivity contribution in [1.29, 1.82) is 21.9 Å². The molecule has 0 aromatic heterocycles. The molecule has 0 saturated heterocycles. The van der Waals surface area contributed by atoms with Crippen molar-refractivity contribution >= 4 is 22.8 Å². The first-order valence-electron chi connectivity index (χ1n) is 3.57. The van der Waals surface area contributed by atoms with Crippen LogP contribution < -0.4 is 0 Å². The third kappa shape index (κ3) is 1.20. The monoisotopic (exact) mass is 196 g/mol. The Morgan fingerprint density at radius 3 is 2.00 bits per heavy atom.